The Labute approximate surface area is 90.4 Å². The average Bonchev–Trinajstić information content (AvgIpc) is 2.17. The molecule has 2 rings (SSSR count). The molecule has 0 saturated heterocycles. The van der Waals surface area contributed by atoms with Crippen LogP contribution in [0.1, 0.15) is 26.3 Å². The lowest BCUT2D eigenvalue weighted by atomic mass is 9.83. The van der Waals surface area contributed by atoms with Crippen LogP contribution < -0.4 is 0 Å². The molecule has 0 aliphatic carbocycles. The van der Waals surface area contributed by atoms with Gasteiger partial charge in [-0.15, -0.1) is 0 Å². The highest BCUT2D eigenvalue weighted by molar-refractivity contribution is 5.91. The van der Waals surface area contributed by atoms with Crippen LogP contribution in [0, 0.1) is 0 Å². The summed E-state index contributed by atoms with van der Waals surface area (Å²) in [6, 6.07) is 11.8. The number of aromatic hydroxyl groups is 1. The van der Waals surface area contributed by atoms with Crippen molar-refractivity contribution in [1.82, 2.24) is 0 Å². The van der Waals surface area contributed by atoms with Gasteiger partial charge in [0.2, 0.25) is 0 Å². The molecule has 0 heterocycles. The van der Waals surface area contributed by atoms with Crippen molar-refractivity contribution < 1.29 is 5.11 Å². The molecule has 1 heteroatoms. The van der Waals surface area contributed by atoms with Crippen LogP contribution in [0.25, 0.3) is 10.8 Å². The van der Waals surface area contributed by atoms with E-state index in [4.69, 9.17) is 0 Å². The molecule has 0 saturated carbocycles. The first-order valence-corrected chi connectivity index (χ1v) is 5.21. The summed E-state index contributed by atoms with van der Waals surface area (Å²) in [5.41, 5.74) is 1.38. The molecule has 2 aromatic carbocycles. The third-order valence-electron chi connectivity index (χ3n) is 2.71. The first-order chi connectivity index (χ1) is 7.00. The van der Waals surface area contributed by atoms with Crippen molar-refractivity contribution in [1.29, 1.82) is 0 Å². The molecule has 2 aromatic rings. The fourth-order valence-corrected chi connectivity index (χ4v) is 1.94. The zero-order valence-electron chi connectivity index (χ0n) is 9.41. The number of fused-ring (bicyclic) bond motifs is 1. The van der Waals surface area contributed by atoms with Crippen molar-refractivity contribution in [2.75, 3.05) is 0 Å². The minimum Gasteiger partial charge on any atom is -0.507 e. The van der Waals surface area contributed by atoms with Gasteiger partial charge in [-0.05, 0) is 22.4 Å². The summed E-state index contributed by atoms with van der Waals surface area (Å²) in [7, 11) is 0. The van der Waals surface area contributed by atoms with Gasteiger partial charge < -0.3 is 5.11 Å². The number of hydrogen-bond donors (Lipinski definition) is 1. The minimum absolute atomic E-state index is 0.104. The quantitative estimate of drug-likeness (QED) is 0.685. The summed E-state index contributed by atoms with van der Waals surface area (Å²) in [4.78, 5) is 0. The standard InChI is InChI=1S/C14H16O/c1-14(2,3)12-8-9-13(15)11-7-5-4-6-10(11)12/h4-9,15H,1-3H3. The van der Waals surface area contributed by atoms with E-state index in [0.717, 1.165) is 10.8 Å². The SMILES string of the molecule is CC(C)(C)c1ccc(O)c2ccccc12. The molecule has 0 aliphatic rings. The highest BCUT2D eigenvalue weighted by Gasteiger charge is 2.17. The molecule has 0 spiro atoms. The number of hydrogen-bond acceptors (Lipinski definition) is 1. The Morgan fingerprint density at radius 1 is 0.867 bits per heavy atom. The van der Waals surface area contributed by atoms with E-state index in [0.29, 0.717) is 5.75 Å². The van der Waals surface area contributed by atoms with E-state index in [2.05, 4.69) is 26.8 Å². The summed E-state index contributed by atoms with van der Waals surface area (Å²) in [6.07, 6.45) is 0. The Morgan fingerprint density at radius 3 is 2.07 bits per heavy atom. The van der Waals surface area contributed by atoms with E-state index in [9.17, 15) is 5.11 Å². The number of rotatable bonds is 0. The van der Waals surface area contributed by atoms with Gasteiger partial charge in [0, 0.05) is 5.39 Å². The van der Waals surface area contributed by atoms with Gasteiger partial charge in [-0.25, -0.2) is 0 Å². The van der Waals surface area contributed by atoms with E-state index in [-0.39, 0.29) is 5.41 Å². The van der Waals surface area contributed by atoms with Gasteiger partial charge >= 0.3 is 0 Å². The molecular formula is C14H16O. The predicted molar refractivity (Wildman–Crippen MR) is 64.3 cm³/mol. The molecule has 15 heavy (non-hydrogen) atoms. The lowest BCUT2D eigenvalue weighted by Gasteiger charge is -2.21. The van der Waals surface area contributed by atoms with E-state index in [1.807, 2.05) is 24.3 Å². The Balaban J connectivity index is 2.84. The van der Waals surface area contributed by atoms with Crippen LogP contribution in [0.5, 0.6) is 5.75 Å². The third kappa shape index (κ3) is 1.70. The van der Waals surface area contributed by atoms with Gasteiger partial charge in [-0.3, -0.25) is 0 Å². The fraction of sp³-hybridized carbons (Fsp3) is 0.286. The van der Waals surface area contributed by atoms with Crippen LogP contribution in [0.3, 0.4) is 0 Å². The molecule has 1 nitrogen and oxygen atoms in total. The number of benzene rings is 2. The molecule has 1 N–H and O–H groups in total. The van der Waals surface area contributed by atoms with E-state index < -0.39 is 0 Å². The third-order valence-corrected chi connectivity index (χ3v) is 2.71. The van der Waals surface area contributed by atoms with Crippen molar-refractivity contribution in [3.8, 4) is 5.75 Å². The summed E-state index contributed by atoms with van der Waals surface area (Å²) < 4.78 is 0. The zero-order chi connectivity index (χ0) is 11.1. The number of phenolic OH excluding ortho intramolecular Hbond substituents is 1. The monoisotopic (exact) mass is 200 g/mol. The summed E-state index contributed by atoms with van der Waals surface area (Å²) in [6.45, 7) is 6.56. The van der Waals surface area contributed by atoms with Gasteiger partial charge in [0.15, 0.2) is 0 Å². The normalized spacial score (nSPS) is 11.9. The first-order valence-electron chi connectivity index (χ1n) is 5.21. The van der Waals surface area contributed by atoms with Crippen LogP contribution in [-0.2, 0) is 5.41 Å². The van der Waals surface area contributed by atoms with Gasteiger partial charge in [0.05, 0.1) is 0 Å². The predicted octanol–water partition coefficient (Wildman–Crippen LogP) is 3.84. The molecule has 0 radical (unpaired) electrons. The lowest BCUT2D eigenvalue weighted by molar-refractivity contribution is 0.481. The molecule has 0 aromatic heterocycles. The lowest BCUT2D eigenvalue weighted by Crippen LogP contribution is -2.11. The molecule has 0 aliphatic heterocycles. The molecule has 0 bridgehead atoms. The summed E-state index contributed by atoms with van der Waals surface area (Å²) in [5, 5.41) is 11.8. The maximum absolute atomic E-state index is 9.76. The summed E-state index contributed by atoms with van der Waals surface area (Å²) in [5.74, 6) is 0.360. The van der Waals surface area contributed by atoms with Crippen molar-refractivity contribution >= 4 is 10.8 Å². The van der Waals surface area contributed by atoms with Gasteiger partial charge in [0.1, 0.15) is 5.75 Å². The molecule has 78 valence electrons. The zero-order valence-corrected chi connectivity index (χ0v) is 9.41. The van der Waals surface area contributed by atoms with Crippen LogP contribution in [0.2, 0.25) is 0 Å². The Bertz CT molecular complexity index is 492. The van der Waals surface area contributed by atoms with E-state index in [1.165, 1.54) is 5.56 Å². The van der Waals surface area contributed by atoms with Crippen LogP contribution >= 0.6 is 0 Å². The van der Waals surface area contributed by atoms with Crippen LogP contribution in [0.15, 0.2) is 36.4 Å². The maximum atomic E-state index is 9.76. The second-order valence-corrected chi connectivity index (χ2v) is 4.93. The first kappa shape index (κ1) is 10.0. The Morgan fingerprint density at radius 2 is 1.47 bits per heavy atom. The van der Waals surface area contributed by atoms with Crippen molar-refractivity contribution in [3.63, 3.8) is 0 Å². The fourth-order valence-electron chi connectivity index (χ4n) is 1.94. The van der Waals surface area contributed by atoms with Gasteiger partial charge in [0.25, 0.3) is 0 Å². The topological polar surface area (TPSA) is 20.2 Å². The molecule has 0 fully saturated rings. The Kier molecular flexibility index (Phi) is 2.18. The second-order valence-electron chi connectivity index (χ2n) is 4.93. The van der Waals surface area contributed by atoms with Gasteiger partial charge in [-0.2, -0.15) is 0 Å². The van der Waals surface area contributed by atoms with Crippen molar-refractivity contribution in [3.05, 3.63) is 42.0 Å². The molecule has 0 unspecified atom stereocenters. The highest BCUT2D eigenvalue weighted by atomic mass is 16.3. The molecule has 0 atom stereocenters. The second kappa shape index (κ2) is 3.27. The maximum Gasteiger partial charge on any atom is 0.123 e. The smallest absolute Gasteiger partial charge is 0.123 e. The van der Waals surface area contributed by atoms with E-state index >= 15 is 0 Å². The number of phenols is 1. The van der Waals surface area contributed by atoms with Gasteiger partial charge in [-0.1, -0.05) is 51.1 Å². The van der Waals surface area contributed by atoms with Crippen molar-refractivity contribution in [2.45, 2.75) is 26.2 Å². The van der Waals surface area contributed by atoms with Crippen LogP contribution in [0.4, 0.5) is 0 Å². The average molecular weight is 200 g/mol. The summed E-state index contributed by atoms with van der Waals surface area (Å²) >= 11 is 0. The van der Waals surface area contributed by atoms with Crippen LogP contribution in [-0.4, -0.2) is 5.11 Å². The molecule has 0 amide bonds. The largest absolute Gasteiger partial charge is 0.507 e. The Hall–Kier alpha value is -1.50. The molecular weight excluding hydrogens is 184 g/mol. The highest BCUT2D eigenvalue weighted by Crippen LogP contribution is 2.34. The van der Waals surface area contributed by atoms with E-state index in [1.54, 1.807) is 6.07 Å². The van der Waals surface area contributed by atoms with Crippen molar-refractivity contribution in [2.24, 2.45) is 0 Å². The minimum atomic E-state index is 0.104.